The monoisotopic (exact) mass is 278 g/mol. The maximum atomic E-state index is 11.8. The van der Waals surface area contributed by atoms with E-state index in [-0.39, 0.29) is 6.09 Å². The molecular weight excluding hydrogens is 256 g/mol. The molecule has 2 rings (SSSR count). The van der Waals surface area contributed by atoms with Crippen LogP contribution in [0.4, 0.5) is 10.5 Å². The summed E-state index contributed by atoms with van der Waals surface area (Å²) in [5.74, 6) is 1.12. The number of likely N-dealkylation sites (tertiary alicyclic amines) is 1. The van der Waals surface area contributed by atoms with E-state index >= 15 is 0 Å². The number of nitrogen functional groups attached to an aromatic ring is 1. The van der Waals surface area contributed by atoms with Gasteiger partial charge in [-0.25, -0.2) is 4.79 Å². The molecule has 5 heteroatoms. The van der Waals surface area contributed by atoms with E-state index < -0.39 is 5.60 Å². The molecule has 0 radical (unpaired) electrons. The van der Waals surface area contributed by atoms with Gasteiger partial charge in [-0.15, -0.1) is 0 Å². The molecule has 2 N–H and O–H groups in total. The molecule has 1 fully saturated rings. The second-order valence-electron chi connectivity index (χ2n) is 6.13. The van der Waals surface area contributed by atoms with Crippen LogP contribution in [0, 0.1) is 5.92 Å². The zero-order chi connectivity index (χ0) is 14.8. The summed E-state index contributed by atoms with van der Waals surface area (Å²) >= 11 is 0. The smallest absolute Gasteiger partial charge is 0.410 e. The summed E-state index contributed by atoms with van der Waals surface area (Å²) < 4.78 is 11.0. The Kier molecular flexibility index (Phi) is 4.06. The van der Waals surface area contributed by atoms with Crippen LogP contribution in [-0.2, 0) is 4.74 Å². The SMILES string of the molecule is CC(C)(C)OC(=O)N1CC(COc2cccc(N)c2)C1. The quantitative estimate of drug-likeness (QED) is 0.863. The Morgan fingerprint density at radius 2 is 2.10 bits per heavy atom. The molecule has 0 aliphatic carbocycles. The molecule has 0 bridgehead atoms. The van der Waals surface area contributed by atoms with Crippen LogP contribution in [0.5, 0.6) is 5.75 Å². The first-order chi connectivity index (χ1) is 9.33. The van der Waals surface area contributed by atoms with Crippen molar-refractivity contribution in [1.82, 2.24) is 4.90 Å². The van der Waals surface area contributed by atoms with Gasteiger partial charge >= 0.3 is 6.09 Å². The minimum Gasteiger partial charge on any atom is -0.493 e. The van der Waals surface area contributed by atoms with Gasteiger partial charge in [0.15, 0.2) is 0 Å². The van der Waals surface area contributed by atoms with Crippen molar-refractivity contribution in [2.75, 3.05) is 25.4 Å². The van der Waals surface area contributed by atoms with Gasteiger partial charge in [0, 0.05) is 30.8 Å². The summed E-state index contributed by atoms with van der Waals surface area (Å²) in [7, 11) is 0. The van der Waals surface area contributed by atoms with E-state index in [4.69, 9.17) is 15.2 Å². The lowest BCUT2D eigenvalue weighted by atomic mass is 10.0. The fraction of sp³-hybridized carbons (Fsp3) is 0.533. The third kappa shape index (κ3) is 4.05. The third-order valence-electron chi connectivity index (χ3n) is 2.95. The molecule has 0 spiro atoms. The number of hydrogen-bond acceptors (Lipinski definition) is 4. The van der Waals surface area contributed by atoms with Crippen molar-refractivity contribution in [2.24, 2.45) is 5.92 Å². The van der Waals surface area contributed by atoms with Crippen LogP contribution in [0.15, 0.2) is 24.3 Å². The van der Waals surface area contributed by atoms with Crippen LogP contribution in [-0.4, -0.2) is 36.3 Å². The average molecular weight is 278 g/mol. The fourth-order valence-corrected chi connectivity index (χ4v) is 1.97. The standard InChI is InChI=1S/C15H22N2O3/c1-15(2,3)20-14(18)17-8-11(9-17)10-19-13-6-4-5-12(16)7-13/h4-7,11H,8-10,16H2,1-3H3. The Bertz CT molecular complexity index is 476. The summed E-state index contributed by atoms with van der Waals surface area (Å²) in [6.07, 6.45) is -0.252. The number of carbonyl (C=O) groups excluding carboxylic acids is 1. The lowest BCUT2D eigenvalue weighted by molar-refractivity contribution is -0.00780. The molecule has 1 aliphatic heterocycles. The molecule has 5 nitrogen and oxygen atoms in total. The molecule has 110 valence electrons. The predicted molar refractivity (Wildman–Crippen MR) is 77.6 cm³/mol. The highest BCUT2D eigenvalue weighted by Gasteiger charge is 2.33. The van der Waals surface area contributed by atoms with Crippen molar-refractivity contribution in [3.8, 4) is 5.75 Å². The van der Waals surface area contributed by atoms with Crippen molar-refractivity contribution in [1.29, 1.82) is 0 Å². The van der Waals surface area contributed by atoms with E-state index in [1.807, 2.05) is 39.0 Å². The predicted octanol–water partition coefficient (Wildman–Crippen LogP) is 2.51. The van der Waals surface area contributed by atoms with Crippen molar-refractivity contribution >= 4 is 11.8 Å². The first-order valence-electron chi connectivity index (χ1n) is 6.80. The molecule has 1 amide bonds. The molecule has 0 aromatic heterocycles. The van der Waals surface area contributed by atoms with Crippen LogP contribution in [0.2, 0.25) is 0 Å². The van der Waals surface area contributed by atoms with Crippen molar-refractivity contribution in [3.63, 3.8) is 0 Å². The van der Waals surface area contributed by atoms with Crippen LogP contribution in [0.1, 0.15) is 20.8 Å². The Morgan fingerprint density at radius 1 is 1.40 bits per heavy atom. The first-order valence-corrected chi connectivity index (χ1v) is 6.80. The number of anilines is 1. The maximum Gasteiger partial charge on any atom is 0.410 e. The number of hydrogen-bond donors (Lipinski definition) is 1. The lowest BCUT2D eigenvalue weighted by Crippen LogP contribution is -2.53. The van der Waals surface area contributed by atoms with Gasteiger partial charge < -0.3 is 20.1 Å². The number of amides is 1. The van der Waals surface area contributed by atoms with Gasteiger partial charge in [-0.05, 0) is 32.9 Å². The number of nitrogens with two attached hydrogens (primary N) is 1. The van der Waals surface area contributed by atoms with Gasteiger partial charge in [-0.3, -0.25) is 0 Å². The molecule has 20 heavy (non-hydrogen) atoms. The van der Waals surface area contributed by atoms with Gasteiger partial charge in [0.05, 0.1) is 6.61 Å². The van der Waals surface area contributed by atoms with E-state index in [2.05, 4.69) is 0 Å². The van der Waals surface area contributed by atoms with Crippen LogP contribution >= 0.6 is 0 Å². The molecule has 0 unspecified atom stereocenters. The van der Waals surface area contributed by atoms with Crippen LogP contribution < -0.4 is 10.5 Å². The molecule has 1 heterocycles. The van der Waals surface area contributed by atoms with Gasteiger partial charge in [-0.2, -0.15) is 0 Å². The Balaban J connectivity index is 1.71. The molecule has 1 aliphatic rings. The van der Waals surface area contributed by atoms with Gasteiger partial charge in [-0.1, -0.05) is 6.07 Å². The van der Waals surface area contributed by atoms with E-state index in [1.54, 1.807) is 11.0 Å². The zero-order valence-electron chi connectivity index (χ0n) is 12.3. The van der Waals surface area contributed by atoms with E-state index in [0.29, 0.717) is 31.3 Å². The zero-order valence-corrected chi connectivity index (χ0v) is 12.3. The fourth-order valence-electron chi connectivity index (χ4n) is 1.97. The molecule has 1 aromatic rings. The summed E-state index contributed by atoms with van der Waals surface area (Å²) in [4.78, 5) is 13.4. The van der Waals surface area contributed by atoms with Crippen molar-refractivity contribution in [3.05, 3.63) is 24.3 Å². The first kappa shape index (κ1) is 14.5. The topological polar surface area (TPSA) is 64.8 Å². The van der Waals surface area contributed by atoms with Crippen LogP contribution in [0.25, 0.3) is 0 Å². The highest BCUT2D eigenvalue weighted by molar-refractivity contribution is 5.69. The second kappa shape index (κ2) is 5.61. The largest absolute Gasteiger partial charge is 0.493 e. The highest BCUT2D eigenvalue weighted by atomic mass is 16.6. The number of benzene rings is 1. The molecular formula is C15H22N2O3. The minimum absolute atomic E-state index is 0.252. The highest BCUT2D eigenvalue weighted by Crippen LogP contribution is 2.21. The average Bonchev–Trinajstić information content (AvgIpc) is 2.24. The van der Waals surface area contributed by atoms with Gasteiger partial charge in [0.25, 0.3) is 0 Å². The molecule has 0 saturated carbocycles. The van der Waals surface area contributed by atoms with Gasteiger partial charge in [0.1, 0.15) is 11.4 Å². The Morgan fingerprint density at radius 3 is 2.70 bits per heavy atom. The van der Waals surface area contributed by atoms with Crippen molar-refractivity contribution < 1.29 is 14.3 Å². The molecule has 0 atom stereocenters. The van der Waals surface area contributed by atoms with E-state index in [0.717, 1.165) is 5.75 Å². The summed E-state index contributed by atoms with van der Waals surface area (Å²) in [5, 5.41) is 0. The van der Waals surface area contributed by atoms with E-state index in [1.165, 1.54) is 0 Å². The number of rotatable bonds is 3. The number of carbonyl (C=O) groups is 1. The minimum atomic E-state index is -0.444. The lowest BCUT2D eigenvalue weighted by Gasteiger charge is -2.39. The normalized spacial score (nSPS) is 15.7. The number of ether oxygens (including phenoxy) is 2. The summed E-state index contributed by atoms with van der Waals surface area (Å²) in [5.41, 5.74) is 5.92. The number of nitrogens with zero attached hydrogens (tertiary/aromatic N) is 1. The van der Waals surface area contributed by atoms with Crippen LogP contribution in [0.3, 0.4) is 0 Å². The second-order valence-corrected chi connectivity index (χ2v) is 6.13. The Hall–Kier alpha value is -1.91. The summed E-state index contributed by atoms with van der Waals surface area (Å²) in [6.45, 7) is 7.54. The summed E-state index contributed by atoms with van der Waals surface area (Å²) in [6, 6.07) is 7.35. The third-order valence-corrected chi connectivity index (χ3v) is 2.95. The molecule has 1 saturated heterocycles. The molecule has 1 aromatic carbocycles. The van der Waals surface area contributed by atoms with Gasteiger partial charge in [0.2, 0.25) is 0 Å². The van der Waals surface area contributed by atoms with E-state index in [9.17, 15) is 4.79 Å². The van der Waals surface area contributed by atoms with Crippen molar-refractivity contribution in [2.45, 2.75) is 26.4 Å². The maximum absolute atomic E-state index is 11.8. The Labute approximate surface area is 119 Å².